The van der Waals surface area contributed by atoms with Gasteiger partial charge in [-0.05, 0) is 24.0 Å². The summed E-state index contributed by atoms with van der Waals surface area (Å²) in [5, 5.41) is 0. The Morgan fingerprint density at radius 3 is 3.00 bits per heavy atom. The molecule has 0 fully saturated rings. The van der Waals surface area contributed by atoms with Crippen LogP contribution in [0, 0.1) is 6.92 Å². The first-order valence-electron chi connectivity index (χ1n) is 3.16. The van der Waals surface area contributed by atoms with Crippen LogP contribution in [0.1, 0.15) is 24.8 Å². The molecule has 1 nitrogen and oxygen atoms in total. The molecule has 1 heterocycles. The molecule has 0 saturated carbocycles. The van der Waals surface area contributed by atoms with E-state index in [4.69, 9.17) is 4.42 Å². The van der Waals surface area contributed by atoms with Crippen molar-refractivity contribution < 1.29 is 4.42 Å². The van der Waals surface area contributed by atoms with Crippen molar-refractivity contribution in [3.05, 3.63) is 31.1 Å². The fourth-order valence-electron chi connectivity index (χ4n) is 0.722. The van der Waals surface area contributed by atoms with E-state index < -0.39 is 0 Å². The number of hydrogen-bond donors (Lipinski definition) is 0. The summed E-state index contributed by atoms with van der Waals surface area (Å²) in [6.45, 7) is 5.94. The van der Waals surface area contributed by atoms with E-state index in [0.717, 1.165) is 6.42 Å². The van der Waals surface area contributed by atoms with Gasteiger partial charge in [0.25, 0.3) is 0 Å². The van der Waals surface area contributed by atoms with E-state index in [2.05, 4.69) is 13.8 Å². The van der Waals surface area contributed by atoms with Crippen molar-refractivity contribution in [2.45, 2.75) is 19.3 Å². The molecule has 0 aromatic carbocycles. The summed E-state index contributed by atoms with van der Waals surface area (Å²) in [7, 11) is 0. The molecule has 49 valence electrons. The molecule has 0 saturated heterocycles. The Morgan fingerprint density at radius 1 is 1.78 bits per heavy atom. The van der Waals surface area contributed by atoms with Crippen LogP contribution in [-0.2, 0) is 0 Å². The van der Waals surface area contributed by atoms with Crippen molar-refractivity contribution >= 4 is 0 Å². The van der Waals surface area contributed by atoms with Crippen LogP contribution < -0.4 is 0 Å². The van der Waals surface area contributed by atoms with Crippen LogP contribution in [0.4, 0.5) is 0 Å². The van der Waals surface area contributed by atoms with Crippen molar-refractivity contribution in [2.24, 2.45) is 0 Å². The molecule has 1 aromatic rings. The fourth-order valence-corrected chi connectivity index (χ4v) is 0.722. The van der Waals surface area contributed by atoms with Crippen molar-refractivity contribution in [3.63, 3.8) is 0 Å². The first-order valence-corrected chi connectivity index (χ1v) is 3.16. The number of furan rings is 1. The first kappa shape index (κ1) is 6.40. The molecule has 0 N–H and O–H groups in total. The van der Waals surface area contributed by atoms with Gasteiger partial charge in [0.1, 0.15) is 0 Å². The van der Waals surface area contributed by atoms with Gasteiger partial charge in [-0.1, -0.05) is 13.8 Å². The second-order valence-electron chi connectivity index (χ2n) is 2.25. The molecule has 1 heteroatoms. The summed E-state index contributed by atoms with van der Waals surface area (Å²) < 4.78 is 4.91. The van der Waals surface area contributed by atoms with Gasteiger partial charge in [-0.25, -0.2) is 0 Å². The Kier molecular flexibility index (Phi) is 1.93. The highest BCUT2D eigenvalue weighted by molar-refractivity contribution is 5.10. The van der Waals surface area contributed by atoms with Crippen molar-refractivity contribution in [2.75, 3.05) is 0 Å². The quantitative estimate of drug-likeness (QED) is 0.589. The Bertz CT molecular complexity index is 153. The van der Waals surface area contributed by atoms with Crippen LogP contribution in [0.2, 0.25) is 0 Å². The molecular weight excluding hydrogens is 112 g/mol. The summed E-state index contributed by atoms with van der Waals surface area (Å²) in [6.07, 6.45) is 4.40. The van der Waals surface area contributed by atoms with Gasteiger partial charge >= 0.3 is 0 Å². The third-order valence-corrected chi connectivity index (χ3v) is 1.55. The van der Waals surface area contributed by atoms with Crippen molar-refractivity contribution in [1.29, 1.82) is 0 Å². The predicted octanol–water partition coefficient (Wildman–Crippen LogP) is 2.61. The minimum Gasteiger partial charge on any atom is -0.472 e. The second-order valence-corrected chi connectivity index (χ2v) is 2.25. The molecule has 0 amide bonds. The molecule has 0 aliphatic carbocycles. The monoisotopic (exact) mass is 123 g/mol. The topological polar surface area (TPSA) is 13.1 Å². The van der Waals surface area contributed by atoms with Crippen LogP contribution in [0.5, 0.6) is 0 Å². The van der Waals surface area contributed by atoms with Gasteiger partial charge < -0.3 is 4.42 Å². The molecule has 1 radical (unpaired) electrons. The number of rotatable bonds is 2. The highest BCUT2D eigenvalue weighted by Crippen LogP contribution is 2.17. The summed E-state index contributed by atoms with van der Waals surface area (Å²) in [5.41, 5.74) is 1.24. The zero-order valence-corrected chi connectivity index (χ0v) is 5.63. The summed E-state index contributed by atoms with van der Waals surface area (Å²) in [5.74, 6) is 0.531. The van der Waals surface area contributed by atoms with E-state index in [0.29, 0.717) is 5.92 Å². The van der Waals surface area contributed by atoms with E-state index in [1.54, 1.807) is 12.5 Å². The Hall–Kier alpha value is -0.720. The SMILES string of the molecule is [CH2]CC(C)c1ccoc1. The molecule has 9 heavy (non-hydrogen) atoms. The van der Waals surface area contributed by atoms with Gasteiger partial charge in [0.15, 0.2) is 0 Å². The summed E-state index contributed by atoms with van der Waals surface area (Å²) in [6, 6.07) is 1.98. The molecule has 1 unspecified atom stereocenters. The van der Waals surface area contributed by atoms with E-state index in [-0.39, 0.29) is 0 Å². The fraction of sp³-hybridized carbons (Fsp3) is 0.375. The van der Waals surface area contributed by atoms with Gasteiger partial charge in [-0.2, -0.15) is 0 Å². The largest absolute Gasteiger partial charge is 0.472 e. The maximum atomic E-state index is 4.91. The molecular formula is C8H11O. The maximum Gasteiger partial charge on any atom is 0.0937 e. The number of hydrogen-bond acceptors (Lipinski definition) is 1. The lowest BCUT2D eigenvalue weighted by molar-refractivity contribution is 0.560. The summed E-state index contributed by atoms with van der Waals surface area (Å²) >= 11 is 0. The van der Waals surface area contributed by atoms with Crippen LogP contribution in [0.3, 0.4) is 0 Å². The molecule has 0 aliphatic heterocycles. The molecule has 0 spiro atoms. The smallest absolute Gasteiger partial charge is 0.0937 e. The lowest BCUT2D eigenvalue weighted by atomic mass is 10.0. The highest BCUT2D eigenvalue weighted by Gasteiger charge is 2.01. The Balaban J connectivity index is 2.65. The van der Waals surface area contributed by atoms with Crippen LogP contribution in [-0.4, -0.2) is 0 Å². The zero-order valence-electron chi connectivity index (χ0n) is 5.63. The lowest BCUT2D eigenvalue weighted by Gasteiger charge is -2.01. The first-order chi connectivity index (χ1) is 4.34. The summed E-state index contributed by atoms with van der Waals surface area (Å²) in [4.78, 5) is 0. The average molecular weight is 123 g/mol. The molecule has 1 atom stereocenters. The average Bonchev–Trinajstić information content (AvgIpc) is 2.37. The Morgan fingerprint density at radius 2 is 2.56 bits per heavy atom. The second kappa shape index (κ2) is 2.72. The lowest BCUT2D eigenvalue weighted by Crippen LogP contribution is -1.86. The third kappa shape index (κ3) is 1.35. The van der Waals surface area contributed by atoms with Gasteiger partial charge in [0, 0.05) is 0 Å². The van der Waals surface area contributed by atoms with Crippen LogP contribution in [0.15, 0.2) is 23.0 Å². The highest BCUT2D eigenvalue weighted by atomic mass is 16.3. The van der Waals surface area contributed by atoms with Crippen LogP contribution in [0.25, 0.3) is 0 Å². The van der Waals surface area contributed by atoms with E-state index in [1.807, 2.05) is 6.07 Å². The van der Waals surface area contributed by atoms with Crippen molar-refractivity contribution in [1.82, 2.24) is 0 Å². The van der Waals surface area contributed by atoms with E-state index in [9.17, 15) is 0 Å². The molecule has 1 aromatic heterocycles. The third-order valence-electron chi connectivity index (χ3n) is 1.55. The van der Waals surface area contributed by atoms with Crippen molar-refractivity contribution in [3.8, 4) is 0 Å². The Labute approximate surface area is 55.7 Å². The normalized spacial score (nSPS) is 13.6. The van der Waals surface area contributed by atoms with Gasteiger partial charge in [-0.3, -0.25) is 0 Å². The van der Waals surface area contributed by atoms with E-state index in [1.165, 1.54) is 5.56 Å². The van der Waals surface area contributed by atoms with Gasteiger partial charge in [0.05, 0.1) is 12.5 Å². The van der Waals surface area contributed by atoms with Gasteiger partial charge in [0.2, 0.25) is 0 Å². The molecule has 0 aliphatic rings. The minimum absolute atomic E-state index is 0.531. The predicted molar refractivity (Wildman–Crippen MR) is 37.1 cm³/mol. The standard InChI is InChI=1S/C8H11O/c1-3-7(2)8-4-5-9-6-8/h4-7H,1,3H2,2H3. The van der Waals surface area contributed by atoms with Gasteiger partial charge in [-0.15, -0.1) is 0 Å². The molecule has 1 rings (SSSR count). The maximum absolute atomic E-state index is 4.91. The van der Waals surface area contributed by atoms with Crippen LogP contribution >= 0.6 is 0 Å². The minimum atomic E-state index is 0.531. The zero-order chi connectivity index (χ0) is 6.69. The molecule has 0 bridgehead atoms. The van der Waals surface area contributed by atoms with E-state index >= 15 is 0 Å².